The molecule has 4 aromatic rings. The van der Waals surface area contributed by atoms with E-state index in [0.717, 1.165) is 6.42 Å². The van der Waals surface area contributed by atoms with Crippen LogP contribution in [0.4, 0.5) is 13.2 Å². The molecule has 1 N–H and O–H groups in total. The molecule has 0 fully saturated rings. The number of benzene rings is 3. The molecule has 9 nitrogen and oxygen atoms in total. The second-order valence-electron chi connectivity index (χ2n) is 9.81. The van der Waals surface area contributed by atoms with Crippen LogP contribution in [-0.4, -0.2) is 27.2 Å². The number of hydrogen-bond acceptors (Lipinski definition) is 7. The number of aromatic nitrogens is 2. The summed E-state index contributed by atoms with van der Waals surface area (Å²) in [4.78, 5) is 11.2. The molecular formula is C30H22F3N3O6. The predicted molar refractivity (Wildman–Crippen MR) is 140 cm³/mol. The molecule has 0 unspecified atom stereocenters. The van der Waals surface area contributed by atoms with Gasteiger partial charge in [-0.2, -0.15) is 10.4 Å². The Morgan fingerprint density at radius 1 is 1.14 bits per heavy atom. The van der Waals surface area contributed by atoms with Crippen molar-refractivity contribution in [2.24, 2.45) is 0 Å². The molecule has 0 saturated carbocycles. The van der Waals surface area contributed by atoms with Crippen LogP contribution in [0, 0.1) is 17.1 Å². The summed E-state index contributed by atoms with van der Waals surface area (Å²) in [5.74, 6) is -1.66. The Balaban J connectivity index is 1.30. The first-order valence-corrected chi connectivity index (χ1v) is 13.0. The average molecular weight is 578 g/mol. The maximum absolute atomic E-state index is 14.9. The van der Waals surface area contributed by atoms with Gasteiger partial charge in [-0.25, -0.2) is 13.9 Å². The van der Waals surface area contributed by atoms with Crippen LogP contribution in [0.25, 0.3) is 5.69 Å². The minimum Gasteiger partial charge on any atom is -0.484 e. The van der Waals surface area contributed by atoms with E-state index in [-0.39, 0.29) is 28.5 Å². The molecule has 214 valence electrons. The first kappa shape index (κ1) is 27.0. The standard InChI is InChI=1S/C30H22F3N3O6/c1-16(18-7-12-24-27(13-18)42-30(32,33)41-24)39-26-14-19(8-11-22(26)31)36-28-21(23(15-34)35-36)3-2-4-25(28)40-20-9-5-17(6-10-20)29(37)38/h5-14,16,25H,2-4H2,1H3,(H,37,38)/t16-,25-/m0/s1. The number of fused-ring (bicyclic) bond motifs is 2. The van der Waals surface area contributed by atoms with Gasteiger partial charge in [0, 0.05) is 11.6 Å². The van der Waals surface area contributed by atoms with Crippen LogP contribution in [0.15, 0.2) is 60.7 Å². The summed E-state index contributed by atoms with van der Waals surface area (Å²) in [6.45, 7) is 1.63. The topological polar surface area (TPSA) is 116 Å². The number of halogens is 3. The molecular weight excluding hydrogens is 555 g/mol. The Bertz CT molecular complexity index is 1730. The van der Waals surface area contributed by atoms with Crippen LogP contribution in [0.1, 0.15) is 64.8 Å². The van der Waals surface area contributed by atoms with E-state index in [2.05, 4.69) is 20.6 Å². The van der Waals surface area contributed by atoms with E-state index >= 15 is 0 Å². The fourth-order valence-electron chi connectivity index (χ4n) is 5.07. The van der Waals surface area contributed by atoms with Crippen LogP contribution in [0.2, 0.25) is 0 Å². The number of carbonyl (C=O) groups is 1. The van der Waals surface area contributed by atoms with Gasteiger partial charge in [0.05, 0.1) is 16.9 Å². The van der Waals surface area contributed by atoms with E-state index in [4.69, 9.17) is 9.47 Å². The molecule has 0 bridgehead atoms. The van der Waals surface area contributed by atoms with Crippen molar-refractivity contribution in [3.8, 4) is 34.8 Å². The summed E-state index contributed by atoms with van der Waals surface area (Å²) < 4.78 is 64.4. The fraction of sp³-hybridized carbons (Fsp3) is 0.233. The highest BCUT2D eigenvalue weighted by Gasteiger charge is 2.43. The second-order valence-corrected chi connectivity index (χ2v) is 9.81. The highest BCUT2D eigenvalue weighted by Crippen LogP contribution is 2.43. The summed E-state index contributed by atoms with van der Waals surface area (Å²) in [6.07, 6.45) is -3.10. The maximum atomic E-state index is 14.9. The third-order valence-corrected chi connectivity index (χ3v) is 7.06. The number of hydrogen-bond donors (Lipinski definition) is 1. The van der Waals surface area contributed by atoms with E-state index in [1.807, 2.05) is 0 Å². The van der Waals surface area contributed by atoms with Crippen molar-refractivity contribution in [2.45, 2.75) is 44.7 Å². The van der Waals surface area contributed by atoms with Crippen molar-refractivity contribution in [3.63, 3.8) is 0 Å². The molecule has 1 aliphatic heterocycles. The van der Waals surface area contributed by atoms with Gasteiger partial charge >= 0.3 is 12.3 Å². The number of ether oxygens (including phenoxy) is 4. The van der Waals surface area contributed by atoms with E-state index in [1.165, 1.54) is 53.2 Å². The van der Waals surface area contributed by atoms with Gasteiger partial charge in [0.15, 0.2) is 28.8 Å². The molecule has 2 aliphatic rings. The molecule has 42 heavy (non-hydrogen) atoms. The molecule has 0 radical (unpaired) electrons. The molecule has 0 amide bonds. The molecule has 2 atom stereocenters. The quantitative estimate of drug-likeness (QED) is 0.265. The van der Waals surface area contributed by atoms with Crippen molar-refractivity contribution in [1.82, 2.24) is 9.78 Å². The molecule has 12 heteroatoms. The summed E-state index contributed by atoms with van der Waals surface area (Å²) >= 11 is 0. The second kappa shape index (κ2) is 10.3. The monoisotopic (exact) mass is 577 g/mol. The number of alkyl halides is 2. The number of nitrogens with zero attached hydrogens (tertiary/aromatic N) is 3. The lowest BCUT2D eigenvalue weighted by molar-refractivity contribution is -0.286. The minimum atomic E-state index is -3.76. The number of rotatable bonds is 7. The molecule has 2 heterocycles. The highest BCUT2D eigenvalue weighted by atomic mass is 19.3. The van der Waals surface area contributed by atoms with Crippen LogP contribution in [-0.2, 0) is 6.42 Å². The van der Waals surface area contributed by atoms with Gasteiger partial charge in [-0.3, -0.25) is 0 Å². The fourth-order valence-corrected chi connectivity index (χ4v) is 5.07. The Hall–Kier alpha value is -5.18. The largest absolute Gasteiger partial charge is 0.586 e. The first-order chi connectivity index (χ1) is 20.1. The number of carboxylic acid groups (broad SMARTS) is 1. The van der Waals surface area contributed by atoms with Crippen molar-refractivity contribution in [2.75, 3.05) is 0 Å². The molecule has 1 aromatic heterocycles. The summed E-state index contributed by atoms with van der Waals surface area (Å²) in [7, 11) is 0. The zero-order valence-corrected chi connectivity index (χ0v) is 22.0. The number of carboxylic acids is 1. The summed E-state index contributed by atoms with van der Waals surface area (Å²) in [5, 5.41) is 23.5. The van der Waals surface area contributed by atoms with Gasteiger partial charge in [-0.05, 0) is 80.3 Å². The molecule has 0 saturated heterocycles. The third kappa shape index (κ3) is 5.05. The Kier molecular flexibility index (Phi) is 6.65. The van der Waals surface area contributed by atoms with Crippen molar-refractivity contribution in [3.05, 3.63) is 94.6 Å². The Morgan fingerprint density at radius 3 is 2.64 bits per heavy atom. The van der Waals surface area contributed by atoms with Gasteiger partial charge in [0.1, 0.15) is 24.0 Å². The van der Waals surface area contributed by atoms with Crippen LogP contribution in [0.5, 0.6) is 23.0 Å². The molecule has 1 aliphatic carbocycles. The van der Waals surface area contributed by atoms with E-state index in [9.17, 15) is 28.3 Å². The number of nitriles is 1. The van der Waals surface area contributed by atoms with E-state index in [0.29, 0.717) is 41.1 Å². The summed E-state index contributed by atoms with van der Waals surface area (Å²) in [6, 6.07) is 16.5. The highest BCUT2D eigenvalue weighted by molar-refractivity contribution is 5.87. The lowest BCUT2D eigenvalue weighted by atomic mass is 9.93. The first-order valence-electron chi connectivity index (χ1n) is 13.0. The lowest BCUT2D eigenvalue weighted by Crippen LogP contribution is -2.25. The molecule has 6 rings (SSSR count). The Morgan fingerprint density at radius 2 is 1.90 bits per heavy atom. The van der Waals surface area contributed by atoms with Crippen molar-refractivity contribution < 1.29 is 42.0 Å². The van der Waals surface area contributed by atoms with Crippen LogP contribution >= 0.6 is 0 Å². The zero-order chi connectivity index (χ0) is 29.6. The Labute approximate surface area is 237 Å². The van der Waals surface area contributed by atoms with E-state index in [1.54, 1.807) is 19.1 Å². The van der Waals surface area contributed by atoms with Gasteiger partial charge in [-0.1, -0.05) is 6.07 Å². The maximum Gasteiger partial charge on any atom is 0.586 e. The SMILES string of the molecule is C[C@H](Oc1cc(-n2nc(C#N)c3c2[C@@H](Oc2ccc(C(=O)O)cc2)CCC3)ccc1F)c1ccc2c(c1)OC(F)(F)O2. The van der Waals surface area contributed by atoms with Gasteiger partial charge in [0.25, 0.3) is 0 Å². The average Bonchev–Trinajstić information content (AvgIpc) is 3.50. The number of aromatic carboxylic acids is 1. The van der Waals surface area contributed by atoms with Crippen LogP contribution in [0.3, 0.4) is 0 Å². The smallest absolute Gasteiger partial charge is 0.484 e. The van der Waals surface area contributed by atoms with Gasteiger partial charge < -0.3 is 24.1 Å². The van der Waals surface area contributed by atoms with Gasteiger partial charge in [-0.15, -0.1) is 8.78 Å². The van der Waals surface area contributed by atoms with E-state index < -0.39 is 30.3 Å². The summed E-state index contributed by atoms with van der Waals surface area (Å²) in [5.41, 5.74) is 2.55. The van der Waals surface area contributed by atoms with Crippen LogP contribution < -0.4 is 18.9 Å². The third-order valence-electron chi connectivity index (χ3n) is 7.06. The minimum absolute atomic E-state index is 0.115. The van der Waals surface area contributed by atoms with Gasteiger partial charge in [0.2, 0.25) is 0 Å². The molecule has 0 spiro atoms. The van der Waals surface area contributed by atoms with Crippen molar-refractivity contribution >= 4 is 5.97 Å². The normalized spacial score (nSPS) is 17.2. The molecule has 3 aromatic carbocycles. The zero-order valence-electron chi connectivity index (χ0n) is 22.0. The van der Waals surface area contributed by atoms with Crippen molar-refractivity contribution in [1.29, 1.82) is 5.26 Å². The predicted octanol–water partition coefficient (Wildman–Crippen LogP) is 6.50. The lowest BCUT2D eigenvalue weighted by Gasteiger charge is -2.25.